The maximum absolute atomic E-state index is 12.9. The third kappa shape index (κ3) is 4.70. The van der Waals surface area contributed by atoms with Crippen LogP contribution in [0.4, 0.5) is 0 Å². The molecule has 1 N–H and O–H groups in total. The van der Waals surface area contributed by atoms with Gasteiger partial charge in [-0.15, -0.1) is 0 Å². The molecule has 1 fully saturated rings. The number of hydrogen-bond acceptors (Lipinski definition) is 5. The van der Waals surface area contributed by atoms with Crippen LogP contribution in [0.2, 0.25) is 0 Å². The number of sulfonamides is 1. The standard InChI is InChI=1S/C26H32N2O5S/c1-4-19-16-24(32-2)25(33-3)23-15-20(14-22(19)23)26(29)27-17-18-8-10-21(11-9-18)34(30,31)28-12-6-5-7-13-28/h8-11,14,16H,4-7,12-13,15,17H2,1-3H3,(H,27,29). The number of methoxy groups -OCH3 is 2. The van der Waals surface area contributed by atoms with Crippen LogP contribution in [0.25, 0.3) is 6.08 Å². The zero-order valence-electron chi connectivity index (χ0n) is 20.0. The predicted octanol–water partition coefficient (Wildman–Crippen LogP) is 3.70. The van der Waals surface area contributed by atoms with Gasteiger partial charge in [0.2, 0.25) is 15.9 Å². The summed E-state index contributed by atoms with van der Waals surface area (Å²) in [5.74, 6) is 1.19. The highest BCUT2D eigenvalue weighted by Crippen LogP contribution is 2.41. The number of rotatable bonds is 8. The molecule has 7 nitrogen and oxygen atoms in total. The first-order valence-electron chi connectivity index (χ1n) is 11.7. The highest BCUT2D eigenvalue weighted by atomic mass is 32.2. The van der Waals surface area contributed by atoms with Gasteiger partial charge in [0.15, 0.2) is 11.5 Å². The van der Waals surface area contributed by atoms with Gasteiger partial charge in [-0.05, 0) is 60.2 Å². The van der Waals surface area contributed by atoms with Gasteiger partial charge in [-0.1, -0.05) is 25.5 Å². The monoisotopic (exact) mass is 484 g/mol. The van der Waals surface area contributed by atoms with Crippen LogP contribution >= 0.6 is 0 Å². The van der Waals surface area contributed by atoms with Crippen LogP contribution in [0.5, 0.6) is 11.5 Å². The quantitative estimate of drug-likeness (QED) is 0.618. The van der Waals surface area contributed by atoms with E-state index in [4.69, 9.17) is 9.47 Å². The Bertz CT molecular complexity index is 1200. The van der Waals surface area contributed by atoms with Crippen molar-refractivity contribution in [1.82, 2.24) is 9.62 Å². The molecule has 0 radical (unpaired) electrons. The van der Waals surface area contributed by atoms with E-state index in [0.29, 0.717) is 48.0 Å². The van der Waals surface area contributed by atoms with E-state index < -0.39 is 10.0 Å². The molecule has 4 rings (SSSR count). The Labute approximate surface area is 201 Å². The molecule has 0 aromatic heterocycles. The summed E-state index contributed by atoms with van der Waals surface area (Å²) in [5.41, 5.74) is 4.62. The summed E-state index contributed by atoms with van der Waals surface area (Å²) in [6.07, 6.45) is 6.11. The topological polar surface area (TPSA) is 84.9 Å². The lowest BCUT2D eigenvalue weighted by atomic mass is 9.99. The summed E-state index contributed by atoms with van der Waals surface area (Å²) in [7, 11) is -0.236. The fourth-order valence-corrected chi connectivity index (χ4v) is 6.20. The van der Waals surface area contributed by atoms with E-state index in [-0.39, 0.29) is 5.91 Å². The van der Waals surface area contributed by atoms with Gasteiger partial charge in [0, 0.05) is 37.2 Å². The molecule has 0 saturated carbocycles. The molecule has 2 aromatic carbocycles. The normalized spacial score (nSPS) is 16.0. The fraction of sp³-hybridized carbons (Fsp3) is 0.423. The highest BCUT2D eigenvalue weighted by molar-refractivity contribution is 7.89. The second-order valence-corrected chi connectivity index (χ2v) is 10.6. The summed E-state index contributed by atoms with van der Waals surface area (Å²) >= 11 is 0. The van der Waals surface area contributed by atoms with Crippen molar-refractivity contribution in [2.75, 3.05) is 27.3 Å². The van der Waals surface area contributed by atoms with Gasteiger partial charge in [-0.3, -0.25) is 4.79 Å². The third-order valence-electron chi connectivity index (χ3n) is 6.59. The van der Waals surface area contributed by atoms with E-state index in [0.717, 1.165) is 47.9 Å². The first-order chi connectivity index (χ1) is 16.4. The Morgan fingerprint density at radius 3 is 2.38 bits per heavy atom. The van der Waals surface area contributed by atoms with E-state index in [1.807, 2.05) is 12.1 Å². The Morgan fingerprint density at radius 2 is 1.76 bits per heavy atom. The minimum absolute atomic E-state index is 0.149. The van der Waals surface area contributed by atoms with Crippen LogP contribution in [-0.2, 0) is 34.2 Å². The van der Waals surface area contributed by atoms with Crippen molar-refractivity contribution in [2.45, 2.75) is 50.5 Å². The van der Waals surface area contributed by atoms with Gasteiger partial charge in [-0.2, -0.15) is 4.31 Å². The zero-order chi connectivity index (χ0) is 24.3. The van der Waals surface area contributed by atoms with Gasteiger partial charge < -0.3 is 14.8 Å². The van der Waals surface area contributed by atoms with Crippen molar-refractivity contribution < 1.29 is 22.7 Å². The maximum atomic E-state index is 12.9. The molecular formula is C26H32N2O5S. The molecule has 1 aliphatic heterocycles. The van der Waals surface area contributed by atoms with Crippen LogP contribution in [0, 0.1) is 0 Å². The number of nitrogens with one attached hydrogen (secondary N) is 1. The smallest absolute Gasteiger partial charge is 0.247 e. The lowest BCUT2D eigenvalue weighted by Crippen LogP contribution is -2.35. The largest absolute Gasteiger partial charge is 0.493 e. The molecule has 0 bridgehead atoms. The SMILES string of the molecule is CCc1cc(OC)c(OC)c2c1C=C(C(=O)NCc1ccc(S(=O)(=O)N3CCCCC3)cc1)C2. The summed E-state index contributed by atoms with van der Waals surface area (Å²) in [5, 5.41) is 2.96. The number of ether oxygens (including phenoxy) is 2. The van der Waals surface area contributed by atoms with Crippen LogP contribution in [0.3, 0.4) is 0 Å². The zero-order valence-corrected chi connectivity index (χ0v) is 20.8. The Hall–Kier alpha value is -2.84. The van der Waals surface area contributed by atoms with Gasteiger partial charge in [0.05, 0.1) is 19.1 Å². The average molecular weight is 485 g/mol. The first-order valence-corrected chi connectivity index (χ1v) is 13.2. The van der Waals surface area contributed by atoms with Crippen LogP contribution < -0.4 is 14.8 Å². The minimum atomic E-state index is -3.46. The van der Waals surface area contributed by atoms with Crippen molar-refractivity contribution in [3.05, 3.63) is 58.2 Å². The molecule has 2 aromatic rings. The number of piperidine rings is 1. The number of aryl methyl sites for hydroxylation is 1. The second-order valence-electron chi connectivity index (χ2n) is 8.65. The molecule has 34 heavy (non-hydrogen) atoms. The molecule has 0 unspecified atom stereocenters. The third-order valence-corrected chi connectivity index (χ3v) is 8.50. The number of fused-ring (bicyclic) bond motifs is 1. The highest BCUT2D eigenvalue weighted by Gasteiger charge is 2.27. The van der Waals surface area contributed by atoms with Gasteiger partial charge in [0.25, 0.3) is 0 Å². The van der Waals surface area contributed by atoms with Gasteiger partial charge in [0.1, 0.15) is 0 Å². The average Bonchev–Trinajstić information content (AvgIpc) is 3.32. The van der Waals surface area contributed by atoms with Crippen LogP contribution in [0.1, 0.15) is 48.4 Å². The molecule has 1 heterocycles. The van der Waals surface area contributed by atoms with Gasteiger partial charge >= 0.3 is 0 Å². The second kappa shape index (κ2) is 10.2. The van der Waals surface area contributed by atoms with Crippen molar-refractivity contribution >= 4 is 22.0 Å². The number of nitrogens with zero attached hydrogens (tertiary/aromatic N) is 1. The molecular weight excluding hydrogens is 452 g/mol. The van der Waals surface area contributed by atoms with Crippen molar-refractivity contribution in [1.29, 1.82) is 0 Å². The molecule has 182 valence electrons. The number of amides is 1. The predicted molar refractivity (Wildman–Crippen MR) is 132 cm³/mol. The summed E-state index contributed by atoms with van der Waals surface area (Å²) < 4.78 is 38.3. The van der Waals surface area contributed by atoms with Gasteiger partial charge in [-0.25, -0.2) is 8.42 Å². The Kier molecular flexibility index (Phi) is 7.28. The fourth-order valence-electron chi connectivity index (χ4n) is 4.68. The maximum Gasteiger partial charge on any atom is 0.247 e. The lowest BCUT2D eigenvalue weighted by Gasteiger charge is -2.25. The van der Waals surface area contributed by atoms with Crippen LogP contribution in [0.15, 0.2) is 40.8 Å². The molecule has 1 saturated heterocycles. The Morgan fingerprint density at radius 1 is 1.06 bits per heavy atom. The molecule has 8 heteroatoms. The summed E-state index contributed by atoms with van der Waals surface area (Å²) in [6.45, 7) is 3.54. The van der Waals surface area contributed by atoms with E-state index in [2.05, 4.69) is 12.2 Å². The van der Waals surface area contributed by atoms with E-state index in [1.54, 1.807) is 42.8 Å². The number of benzene rings is 2. The van der Waals surface area contributed by atoms with Crippen molar-refractivity contribution in [3.8, 4) is 11.5 Å². The van der Waals surface area contributed by atoms with E-state index in [1.165, 1.54) is 0 Å². The van der Waals surface area contributed by atoms with Crippen LogP contribution in [-0.4, -0.2) is 45.9 Å². The minimum Gasteiger partial charge on any atom is -0.493 e. The number of carbonyl (C=O) groups is 1. The molecule has 2 aliphatic rings. The van der Waals surface area contributed by atoms with Crippen molar-refractivity contribution in [3.63, 3.8) is 0 Å². The molecule has 0 spiro atoms. The number of hydrogen-bond donors (Lipinski definition) is 1. The number of carbonyl (C=O) groups excluding carboxylic acids is 1. The summed E-state index contributed by atoms with van der Waals surface area (Å²) in [6, 6.07) is 8.74. The van der Waals surface area contributed by atoms with E-state index >= 15 is 0 Å². The lowest BCUT2D eigenvalue weighted by molar-refractivity contribution is -0.117. The summed E-state index contributed by atoms with van der Waals surface area (Å²) in [4.78, 5) is 13.2. The van der Waals surface area contributed by atoms with Crippen molar-refractivity contribution in [2.24, 2.45) is 0 Å². The molecule has 0 atom stereocenters. The first kappa shape index (κ1) is 24.3. The molecule has 1 amide bonds. The molecule has 1 aliphatic carbocycles. The Balaban J connectivity index is 1.43. The van der Waals surface area contributed by atoms with E-state index in [9.17, 15) is 13.2 Å².